The summed E-state index contributed by atoms with van der Waals surface area (Å²) in [6, 6.07) is 11.1. The summed E-state index contributed by atoms with van der Waals surface area (Å²) < 4.78 is 1.21. The smallest absolute Gasteiger partial charge is 0.0494 e. The van der Waals surface area contributed by atoms with Crippen molar-refractivity contribution in [1.29, 1.82) is 0 Å². The lowest BCUT2D eigenvalue weighted by molar-refractivity contribution is 0.717. The maximum Gasteiger partial charge on any atom is 0.0494 e. The molecule has 0 atom stereocenters. The summed E-state index contributed by atoms with van der Waals surface area (Å²) in [6.45, 7) is 5.29. The second-order valence-electron chi connectivity index (χ2n) is 5.12. The van der Waals surface area contributed by atoms with E-state index in [9.17, 15) is 0 Å². The fourth-order valence-corrected chi connectivity index (χ4v) is 3.70. The van der Waals surface area contributed by atoms with E-state index in [1.165, 1.54) is 51.2 Å². The highest BCUT2D eigenvalue weighted by molar-refractivity contribution is 9.10. The van der Waals surface area contributed by atoms with Crippen LogP contribution in [0.2, 0.25) is 0 Å². The maximum atomic E-state index is 3.56. The van der Waals surface area contributed by atoms with Gasteiger partial charge in [0.15, 0.2) is 0 Å². The van der Waals surface area contributed by atoms with Crippen molar-refractivity contribution in [2.45, 2.75) is 46.1 Å². The van der Waals surface area contributed by atoms with Gasteiger partial charge in [-0.15, -0.1) is 11.3 Å². The van der Waals surface area contributed by atoms with Gasteiger partial charge < -0.3 is 5.32 Å². The van der Waals surface area contributed by atoms with Gasteiger partial charge in [0.05, 0.1) is 0 Å². The first-order valence-electron chi connectivity index (χ1n) is 7.26. The molecule has 2 rings (SSSR count). The molecule has 0 amide bonds. The number of anilines is 1. The minimum absolute atomic E-state index is 0.895. The molecule has 1 heterocycles. The van der Waals surface area contributed by atoms with Gasteiger partial charge in [0, 0.05) is 26.5 Å². The summed E-state index contributed by atoms with van der Waals surface area (Å²) >= 11 is 5.41. The van der Waals surface area contributed by atoms with Crippen molar-refractivity contribution >= 4 is 33.0 Å². The molecule has 0 aliphatic carbocycles. The van der Waals surface area contributed by atoms with Gasteiger partial charge in [-0.25, -0.2) is 0 Å². The first-order valence-corrected chi connectivity index (χ1v) is 8.87. The lowest BCUT2D eigenvalue weighted by Crippen LogP contribution is -1.97. The Morgan fingerprint density at radius 3 is 2.50 bits per heavy atom. The minimum atomic E-state index is 0.895. The van der Waals surface area contributed by atoms with Crippen LogP contribution in [-0.4, -0.2) is 0 Å². The molecule has 0 saturated heterocycles. The average molecular weight is 352 g/mol. The zero-order valence-electron chi connectivity index (χ0n) is 12.2. The summed E-state index contributed by atoms with van der Waals surface area (Å²) in [7, 11) is 0. The van der Waals surface area contributed by atoms with E-state index in [0.29, 0.717) is 0 Å². The van der Waals surface area contributed by atoms with Gasteiger partial charge in [-0.05, 0) is 59.5 Å². The molecule has 0 aliphatic rings. The first kappa shape index (κ1) is 15.6. The van der Waals surface area contributed by atoms with E-state index in [2.05, 4.69) is 65.4 Å². The van der Waals surface area contributed by atoms with E-state index in [1.54, 1.807) is 0 Å². The van der Waals surface area contributed by atoms with Gasteiger partial charge in [0.1, 0.15) is 0 Å². The Bertz CT molecular complexity index is 511. The molecule has 0 unspecified atom stereocenters. The standard InChI is InChI=1S/C17H22BrNS/c1-3-4-5-6-14-7-9-15(10-8-14)19-12-16-11-17(18)13(2)20-16/h7-11,19H,3-6,12H2,1-2H3. The number of aryl methyl sites for hydroxylation is 2. The minimum Gasteiger partial charge on any atom is -0.380 e. The topological polar surface area (TPSA) is 12.0 Å². The highest BCUT2D eigenvalue weighted by atomic mass is 79.9. The van der Waals surface area contributed by atoms with E-state index in [1.807, 2.05) is 11.3 Å². The van der Waals surface area contributed by atoms with E-state index in [-0.39, 0.29) is 0 Å². The summed E-state index contributed by atoms with van der Waals surface area (Å²) in [4.78, 5) is 2.70. The highest BCUT2D eigenvalue weighted by Gasteiger charge is 2.02. The fourth-order valence-electron chi connectivity index (χ4n) is 2.16. The van der Waals surface area contributed by atoms with Crippen LogP contribution in [0, 0.1) is 6.92 Å². The van der Waals surface area contributed by atoms with Crippen LogP contribution in [0.25, 0.3) is 0 Å². The Hall–Kier alpha value is -0.800. The summed E-state index contributed by atoms with van der Waals surface area (Å²) in [5.74, 6) is 0. The molecule has 0 spiro atoms. The molecule has 0 aliphatic heterocycles. The van der Waals surface area contributed by atoms with E-state index in [4.69, 9.17) is 0 Å². The predicted octanol–water partition coefficient (Wildman–Crippen LogP) is 6.16. The maximum absolute atomic E-state index is 3.56. The molecule has 2 aromatic rings. The molecular formula is C17H22BrNS. The predicted molar refractivity (Wildman–Crippen MR) is 93.8 cm³/mol. The molecular weight excluding hydrogens is 330 g/mol. The zero-order chi connectivity index (χ0) is 14.4. The normalized spacial score (nSPS) is 10.8. The summed E-state index contributed by atoms with van der Waals surface area (Å²) in [5, 5.41) is 3.49. The van der Waals surface area contributed by atoms with Crippen LogP contribution >= 0.6 is 27.3 Å². The van der Waals surface area contributed by atoms with Crippen LogP contribution in [0.3, 0.4) is 0 Å². The van der Waals surface area contributed by atoms with Gasteiger partial charge in [0.25, 0.3) is 0 Å². The molecule has 1 N–H and O–H groups in total. The number of halogens is 1. The van der Waals surface area contributed by atoms with Crippen molar-refractivity contribution < 1.29 is 0 Å². The van der Waals surface area contributed by atoms with Gasteiger partial charge in [-0.1, -0.05) is 31.9 Å². The first-order chi connectivity index (χ1) is 9.69. The van der Waals surface area contributed by atoms with Crippen LogP contribution in [0.4, 0.5) is 5.69 Å². The van der Waals surface area contributed by atoms with E-state index < -0.39 is 0 Å². The molecule has 20 heavy (non-hydrogen) atoms. The Labute approximate surface area is 134 Å². The largest absolute Gasteiger partial charge is 0.380 e. The summed E-state index contributed by atoms with van der Waals surface area (Å²) in [5.41, 5.74) is 2.64. The monoisotopic (exact) mass is 351 g/mol. The third-order valence-corrected chi connectivity index (χ3v) is 5.53. The summed E-state index contributed by atoms with van der Waals surface area (Å²) in [6.07, 6.45) is 5.11. The molecule has 0 radical (unpaired) electrons. The lowest BCUT2D eigenvalue weighted by atomic mass is 10.1. The molecule has 1 aromatic heterocycles. The van der Waals surface area contributed by atoms with Crippen molar-refractivity contribution in [1.82, 2.24) is 0 Å². The van der Waals surface area contributed by atoms with Crippen LogP contribution in [0.5, 0.6) is 0 Å². The second-order valence-corrected chi connectivity index (χ2v) is 7.32. The molecule has 108 valence electrons. The number of unbranched alkanes of at least 4 members (excludes halogenated alkanes) is 2. The van der Waals surface area contributed by atoms with Crippen molar-refractivity contribution in [3.05, 3.63) is 50.1 Å². The van der Waals surface area contributed by atoms with Crippen molar-refractivity contribution in [3.8, 4) is 0 Å². The fraction of sp³-hybridized carbons (Fsp3) is 0.412. The molecule has 0 fully saturated rings. The molecule has 1 nitrogen and oxygen atoms in total. The number of rotatable bonds is 7. The Morgan fingerprint density at radius 2 is 1.90 bits per heavy atom. The Morgan fingerprint density at radius 1 is 1.15 bits per heavy atom. The van der Waals surface area contributed by atoms with Crippen LogP contribution in [0.1, 0.15) is 41.5 Å². The van der Waals surface area contributed by atoms with Crippen LogP contribution in [0.15, 0.2) is 34.8 Å². The molecule has 0 saturated carbocycles. The number of benzene rings is 1. The van der Waals surface area contributed by atoms with Gasteiger partial charge in [-0.3, -0.25) is 0 Å². The molecule has 3 heteroatoms. The number of hydrogen-bond acceptors (Lipinski definition) is 2. The average Bonchev–Trinajstić information content (AvgIpc) is 2.77. The lowest BCUT2D eigenvalue weighted by Gasteiger charge is -2.06. The van der Waals surface area contributed by atoms with Crippen molar-refractivity contribution in [2.24, 2.45) is 0 Å². The highest BCUT2D eigenvalue weighted by Crippen LogP contribution is 2.27. The van der Waals surface area contributed by atoms with Gasteiger partial charge in [-0.2, -0.15) is 0 Å². The van der Waals surface area contributed by atoms with Crippen molar-refractivity contribution in [3.63, 3.8) is 0 Å². The zero-order valence-corrected chi connectivity index (χ0v) is 14.6. The third-order valence-electron chi connectivity index (χ3n) is 3.40. The second kappa shape index (κ2) is 7.84. The number of thiophene rings is 1. The van der Waals surface area contributed by atoms with Crippen LogP contribution in [-0.2, 0) is 13.0 Å². The Kier molecular flexibility index (Phi) is 6.11. The Balaban J connectivity index is 1.84. The van der Waals surface area contributed by atoms with Crippen molar-refractivity contribution in [2.75, 3.05) is 5.32 Å². The number of hydrogen-bond donors (Lipinski definition) is 1. The van der Waals surface area contributed by atoms with Gasteiger partial charge in [0.2, 0.25) is 0 Å². The van der Waals surface area contributed by atoms with Gasteiger partial charge >= 0.3 is 0 Å². The third kappa shape index (κ3) is 4.64. The number of nitrogens with one attached hydrogen (secondary N) is 1. The van der Waals surface area contributed by atoms with E-state index >= 15 is 0 Å². The quantitative estimate of drug-likeness (QED) is 0.588. The molecule has 0 bridgehead atoms. The SMILES string of the molecule is CCCCCc1ccc(NCc2cc(Br)c(C)s2)cc1. The van der Waals surface area contributed by atoms with E-state index in [0.717, 1.165) is 6.54 Å². The van der Waals surface area contributed by atoms with Crippen LogP contribution < -0.4 is 5.32 Å². The molecule has 1 aromatic carbocycles.